The van der Waals surface area contributed by atoms with Gasteiger partial charge in [-0.2, -0.15) is 5.26 Å². The van der Waals surface area contributed by atoms with Crippen LogP contribution in [0.3, 0.4) is 0 Å². The molecule has 0 aromatic heterocycles. The summed E-state index contributed by atoms with van der Waals surface area (Å²) < 4.78 is 11.2. The molecule has 0 saturated carbocycles. The summed E-state index contributed by atoms with van der Waals surface area (Å²) in [6, 6.07) is 25.0. The number of nitrogens with zero attached hydrogens (tertiary/aromatic N) is 1. The summed E-state index contributed by atoms with van der Waals surface area (Å²) in [6.45, 7) is 2.95. The fourth-order valence-corrected chi connectivity index (χ4v) is 2.99. The van der Waals surface area contributed by atoms with Crippen LogP contribution in [0.1, 0.15) is 22.3 Å². The zero-order valence-corrected chi connectivity index (χ0v) is 16.9. The van der Waals surface area contributed by atoms with Crippen LogP contribution in [-0.4, -0.2) is 12.5 Å². The highest BCUT2D eigenvalue weighted by Crippen LogP contribution is 2.17. The third kappa shape index (κ3) is 6.39. The van der Waals surface area contributed by atoms with Crippen molar-refractivity contribution < 1.29 is 14.3 Å². The van der Waals surface area contributed by atoms with E-state index in [2.05, 4.69) is 18.3 Å². The maximum absolute atomic E-state index is 12.4. The van der Waals surface area contributed by atoms with Crippen molar-refractivity contribution in [1.29, 1.82) is 5.26 Å². The average molecular weight is 400 g/mol. The van der Waals surface area contributed by atoms with E-state index >= 15 is 0 Å². The third-order valence-electron chi connectivity index (χ3n) is 4.61. The smallest absolute Gasteiger partial charge is 0.224 e. The number of amides is 1. The predicted octanol–water partition coefficient (Wildman–Crippen LogP) is 4.34. The van der Waals surface area contributed by atoms with Gasteiger partial charge in [0.2, 0.25) is 5.91 Å². The minimum Gasteiger partial charge on any atom is -0.489 e. The number of nitrogens with one attached hydrogen (secondary N) is 1. The Morgan fingerprint density at radius 2 is 1.63 bits per heavy atom. The standard InChI is InChI=1S/C25H24N2O3/c1-19-6-2-3-9-22(19)18-30-24-11-4-7-20(14-24)16-25(28)27-17-21-8-5-10-23(15-21)29-13-12-26/h2-11,14-15H,13,16-18H2,1H3,(H,27,28). The highest BCUT2D eigenvalue weighted by atomic mass is 16.5. The minimum absolute atomic E-state index is 0.00192. The molecule has 0 fully saturated rings. The van der Waals surface area contributed by atoms with Crippen molar-refractivity contribution in [1.82, 2.24) is 5.32 Å². The second kappa shape index (κ2) is 10.7. The number of rotatable bonds is 9. The van der Waals surface area contributed by atoms with E-state index in [1.807, 2.05) is 66.7 Å². The Balaban J connectivity index is 1.51. The largest absolute Gasteiger partial charge is 0.489 e. The summed E-state index contributed by atoms with van der Waals surface area (Å²) in [4.78, 5) is 12.4. The van der Waals surface area contributed by atoms with Gasteiger partial charge >= 0.3 is 0 Å². The van der Waals surface area contributed by atoms with Crippen LogP contribution in [0.5, 0.6) is 11.5 Å². The number of carbonyl (C=O) groups excluding carboxylic acids is 1. The maximum Gasteiger partial charge on any atom is 0.224 e. The van der Waals surface area contributed by atoms with Gasteiger partial charge in [0.1, 0.15) is 24.2 Å². The fourth-order valence-electron chi connectivity index (χ4n) is 2.99. The molecule has 0 aliphatic heterocycles. The molecule has 0 aliphatic rings. The summed E-state index contributed by atoms with van der Waals surface area (Å²) in [5, 5.41) is 11.5. The van der Waals surface area contributed by atoms with Gasteiger partial charge in [0.15, 0.2) is 6.61 Å². The van der Waals surface area contributed by atoms with Crippen LogP contribution in [0.4, 0.5) is 0 Å². The van der Waals surface area contributed by atoms with Crippen LogP contribution in [0.25, 0.3) is 0 Å². The van der Waals surface area contributed by atoms with Crippen LogP contribution in [0, 0.1) is 18.3 Å². The monoisotopic (exact) mass is 400 g/mol. The summed E-state index contributed by atoms with van der Waals surface area (Å²) in [6.07, 6.45) is 0.270. The van der Waals surface area contributed by atoms with Crippen molar-refractivity contribution in [2.45, 2.75) is 26.5 Å². The molecule has 0 bridgehead atoms. The molecule has 0 aliphatic carbocycles. The van der Waals surface area contributed by atoms with Crippen molar-refractivity contribution in [3.63, 3.8) is 0 Å². The van der Waals surface area contributed by atoms with Crippen LogP contribution in [0.15, 0.2) is 72.8 Å². The van der Waals surface area contributed by atoms with Gasteiger partial charge < -0.3 is 14.8 Å². The summed E-state index contributed by atoms with van der Waals surface area (Å²) in [5.41, 5.74) is 4.13. The van der Waals surface area contributed by atoms with Gasteiger partial charge in [0.25, 0.3) is 0 Å². The molecule has 152 valence electrons. The highest BCUT2D eigenvalue weighted by Gasteiger charge is 2.06. The highest BCUT2D eigenvalue weighted by molar-refractivity contribution is 5.78. The van der Waals surface area contributed by atoms with Gasteiger partial charge in [0, 0.05) is 6.54 Å². The predicted molar refractivity (Wildman–Crippen MR) is 115 cm³/mol. The van der Waals surface area contributed by atoms with Crippen LogP contribution in [-0.2, 0) is 24.4 Å². The van der Waals surface area contributed by atoms with Crippen molar-refractivity contribution in [2.75, 3.05) is 6.61 Å². The Morgan fingerprint density at radius 1 is 0.933 bits per heavy atom. The third-order valence-corrected chi connectivity index (χ3v) is 4.61. The molecule has 3 aromatic carbocycles. The van der Waals surface area contributed by atoms with E-state index in [0.717, 1.165) is 22.4 Å². The molecule has 5 heteroatoms. The van der Waals surface area contributed by atoms with Gasteiger partial charge in [-0.3, -0.25) is 4.79 Å². The molecule has 0 unspecified atom stereocenters. The molecule has 0 radical (unpaired) electrons. The Hall–Kier alpha value is -3.78. The van der Waals surface area contributed by atoms with E-state index in [1.165, 1.54) is 5.56 Å². The fraction of sp³-hybridized carbons (Fsp3) is 0.200. The number of aryl methyl sites for hydroxylation is 1. The van der Waals surface area contributed by atoms with Crippen LogP contribution >= 0.6 is 0 Å². The lowest BCUT2D eigenvalue weighted by atomic mass is 10.1. The van der Waals surface area contributed by atoms with E-state index in [4.69, 9.17) is 14.7 Å². The van der Waals surface area contributed by atoms with Gasteiger partial charge in [-0.1, -0.05) is 48.5 Å². The second-order valence-electron chi connectivity index (χ2n) is 6.91. The van der Waals surface area contributed by atoms with Crippen molar-refractivity contribution in [3.05, 3.63) is 95.1 Å². The van der Waals surface area contributed by atoms with Gasteiger partial charge in [0.05, 0.1) is 6.42 Å². The lowest BCUT2D eigenvalue weighted by molar-refractivity contribution is -0.120. The Kier molecular flexibility index (Phi) is 7.45. The Morgan fingerprint density at radius 3 is 2.40 bits per heavy atom. The molecular formula is C25H24N2O3. The summed E-state index contributed by atoms with van der Waals surface area (Å²) in [5.74, 6) is 1.28. The molecule has 30 heavy (non-hydrogen) atoms. The molecule has 0 spiro atoms. The maximum atomic E-state index is 12.4. The molecule has 0 heterocycles. The van der Waals surface area contributed by atoms with E-state index in [-0.39, 0.29) is 18.9 Å². The minimum atomic E-state index is -0.0746. The van der Waals surface area contributed by atoms with Gasteiger partial charge in [-0.25, -0.2) is 0 Å². The molecule has 3 aromatic rings. The van der Waals surface area contributed by atoms with Crippen molar-refractivity contribution >= 4 is 5.91 Å². The van der Waals surface area contributed by atoms with E-state index in [9.17, 15) is 4.79 Å². The first kappa shape index (κ1) is 20.9. The number of hydrogen-bond donors (Lipinski definition) is 1. The first-order valence-electron chi connectivity index (χ1n) is 9.75. The lowest BCUT2D eigenvalue weighted by Crippen LogP contribution is -2.24. The molecule has 1 N–H and O–H groups in total. The van der Waals surface area contributed by atoms with Crippen LogP contribution in [0.2, 0.25) is 0 Å². The zero-order valence-electron chi connectivity index (χ0n) is 16.9. The number of benzene rings is 3. The van der Waals surface area contributed by atoms with Gasteiger partial charge in [-0.15, -0.1) is 0 Å². The molecule has 5 nitrogen and oxygen atoms in total. The van der Waals surface area contributed by atoms with E-state index in [0.29, 0.717) is 18.9 Å². The number of hydrogen-bond acceptors (Lipinski definition) is 4. The van der Waals surface area contributed by atoms with Crippen LogP contribution < -0.4 is 14.8 Å². The molecule has 0 atom stereocenters. The van der Waals surface area contributed by atoms with Crippen molar-refractivity contribution in [2.24, 2.45) is 0 Å². The quantitative estimate of drug-likeness (QED) is 0.580. The molecule has 3 rings (SSSR count). The number of ether oxygens (including phenoxy) is 2. The summed E-state index contributed by atoms with van der Waals surface area (Å²) in [7, 11) is 0. The average Bonchev–Trinajstić information content (AvgIpc) is 2.76. The number of carbonyl (C=O) groups is 1. The molecule has 0 saturated heterocycles. The molecule has 1 amide bonds. The summed E-state index contributed by atoms with van der Waals surface area (Å²) >= 11 is 0. The molecular weight excluding hydrogens is 376 g/mol. The topological polar surface area (TPSA) is 71.3 Å². The normalized spacial score (nSPS) is 10.1. The van der Waals surface area contributed by atoms with Crippen molar-refractivity contribution in [3.8, 4) is 17.6 Å². The van der Waals surface area contributed by atoms with Gasteiger partial charge in [-0.05, 0) is 53.4 Å². The Bertz CT molecular complexity index is 1040. The second-order valence-corrected chi connectivity index (χ2v) is 6.91. The van der Waals surface area contributed by atoms with E-state index in [1.54, 1.807) is 6.07 Å². The lowest BCUT2D eigenvalue weighted by Gasteiger charge is -2.10. The Labute approximate surface area is 176 Å². The first-order valence-corrected chi connectivity index (χ1v) is 9.75. The van der Waals surface area contributed by atoms with E-state index < -0.39 is 0 Å². The zero-order chi connectivity index (χ0) is 21.2. The number of nitriles is 1. The SMILES string of the molecule is Cc1ccccc1COc1cccc(CC(=O)NCc2cccc(OCC#N)c2)c1. The first-order chi connectivity index (χ1) is 14.6.